The zero-order valence-corrected chi connectivity index (χ0v) is 8.57. The summed E-state index contributed by atoms with van der Waals surface area (Å²) in [4.78, 5) is 3.90. The van der Waals surface area contributed by atoms with Gasteiger partial charge in [-0.15, -0.1) is 0 Å². The van der Waals surface area contributed by atoms with Gasteiger partial charge in [-0.05, 0) is 18.2 Å². The third kappa shape index (κ3) is 2.05. The van der Waals surface area contributed by atoms with E-state index < -0.39 is 0 Å². The molecule has 1 rings (SSSR count). The summed E-state index contributed by atoms with van der Waals surface area (Å²) in [5.41, 5.74) is 1.92. The largest absolute Gasteiger partial charge is 0.506 e. The minimum atomic E-state index is 0.315. The van der Waals surface area contributed by atoms with Crippen LogP contribution in [0.5, 0.6) is 5.75 Å². The molecule has 0 atom stereocenters. The van der Waals surface area contributed by atoms with Crippen molar-refractivity contribution in [3.63, 3.8) is 0 Å². The molecular weight excluding hydrogens is 164 g/mol. The van der Waals surface area contributed by atoms with Crippen LogP contribution in [0.2, 0.25) is 0 Å². The summed E-state index contributed by atoms with van der Waals surface area (Å²) >= 11 is 0. The summed E-state index contributed by atoms with van der Waals surface area (Å²) in [5, 5.41) is 9.53. The van der Waals surface area contributed by atoms with E-state index in [1.54, 1.807) is 6.07 Å². The van der Waals surface area contributed by atoms with E-state index in [0.29, 0.717) is 5.75 Å². The molecule has 0 aliphatic heterocycles. The van der Waals surface area contributed by atoms with Gasteiger partial charge in [-0.1, -0.05) is 0 Å². The van der Waals surface area contributed by atoms with Crippen LogP contribution in [0, 0.1) is 0 Å². The van der Waals surface area contributed by atoms with E-state index in [2.05, 4.69) is 0 Å². The number of aromatic hydroxyl groups is 1. The number of phenols is 1. The van der Waals surface area contributed by atoms with Crippen LogP contribution in [0.15, 0.2) is 18.2 Å². The number of hydrogen-bond donors (Lipinski definition) is 1. The topological polar surface area (TPSA) is 26.7 Å². The van der Waals surface area contributed by atoms with E-state index >= 15 is 0 Å². The standard InChI is InChI=1S/C10H16N2O/c1-11(2)8-5-6-10(13)9(7-8)12(3)4/h5-7,13H,1-4H3. The van der Waals surface area contributed by atoms with E-state index in [1.807, 2.05) is 50.1 Å². The van der Waals surface area contributed by atoms with Crippen LogP contribution >= 0.6 is 0 Å². The summed E-state index contributed by atoms with van der Waals surface area (Å²) in [6.07, 6.45) is 0. The summed E-state index contributed by atoms with van der Waals surface area (Å²) in [7, 11) is 7.78. The monoisotopic (exact) mass is 180 g/mol. The molecule has 3 nitrogen and oxygen atoms in total. The van der Waals surface area contributed by atoms with Gasteiger partial charge >= 0.3 is 0 Å². The summed E-state index contributed by atoms with van der Waals surface area (Å²) < 4.78 is 0. The normalized spacial score (nSPS) is 9.85. The van der Waals surface area contributed by atoms with E-state index in [4.69, 9.17) is 0 Å². The van der Waals surface area contributed by atoms with Crippen LogP contribution < -0.4 is 9.80 Å². The van der Waals surface area contributed by atoms with Crippen molar-refractivity contribution in [2.45, 2.75) is 0 Å². The molecule has 0 bridgehead atoms. The number of anilines is 2. The molecule has 0 heterocycles. The highest BCUT2D eigenvalue weighted by molar-refractivity contribution is 5.65. The zero-order chi connectivity index (χ0) is 10.0. The molecule has 0 aliphatic rings. The zero-order valence-electron chi connectivity index (χ0n) is 8.57. The molecule has 13 heavy (non-hydrogen) atoms. The Balaban J connectivity index is 3.11. The highest BCUT2D eigenvalue weighted by atomic mass is 16.3. The van der Waals surface area contributed by atoms with Crippen molar-refractivity contribution in [2.75, 3.05) is 38.0 Å². The first kappa shape index (κ1) is 9.71. The lowest BCUT2D eigenvalue weighted by Gasteiger charge is -2.18. The Bertz CT molecular complexity index is 295. The molecule has 0 unspecified atom stereocenters. The number of rotatable bonds is 2. The van der Waals surface area contributed by atoms with Crippen molar-refractivity contribution in [1.82, 2.24) is 0 Å². The second kappa shape index (κ2) is 3.56. The lowest BCUT2D eigenvalue weighted by molar-refractivity contribution is 0.475. The molecule has 0 saturated heterocycles. The van der Waals surface area contributed by atoms with Gasteiger partial charge in [-0.3, -0.25) is 0 Å². The van der Waals surface area contributed by atoms with Gasteiger partial charge in [0, 0.05) is 33.9 Å². The van der Waals surface area contributed by atoms with E-state index in [9.17, 15) is 5.11 Å². The van der Waals surface area contributed by atoms with Crippen molar-refractivity contribution in [3.8, 4) is 5.75 Å². The van der Waals surface area contributed by atoms with E-state index in [-0.39, 0.29) is 0 Å². The maximum absolute atomic E-state index is 9.53. The third-order valence-electron chi connectivity index (χ3n) is 1.96. The minimum absolute atomic E-state index is 0.315. The van der Waals surface area contributed by atoms with Crippen molar-refractivity contribution in [1.29, 1.82) is 0 Å². The maximum atomic E-state index is 9.53. The average molecular weight is 180 g/mol. The molecule has 1 N–H and O–H groups in total. The van der Waals surface area contributed by atoms with Gasteiger partial charge in [-0.2, -0.15) is 0 Å². The minimum Gasteiger partial charge on any atom is -0.506 e. The molecule has 3 heteroatoms. The summed E-state index contributed by atoms with van der Waals surface area (Å²) in [5.74, 6) is 0.315. The van der Waals surface area contributed by atoms with Gasteiger partial charge in [0.1, 0.15) is 5.75 Å². The first-order valence-electron chi connectivity index (χ1n) is 4.20. The quantitative estimate of drug-likeness (QED) is 0.747. The predicted octanol–water partition coefficient (Wildman–Crippen LogP) is 1.52. The molecule has 0 radical (unpaired) electrons. The van der Waals surface area contributed by atoms with Gasteiger partial charge in [-0.25, -0.2) is 0 Å². The van der Waals surface area contributed by atoms with Gasteiger partial charge in [0.2, 0.25) is 0 Å². The Kier molecular flexibility index (Phi) is 2.66. The molecule has 1 aromatic carbocycles. The predicted molar refractivity (Wildman–Crippen MR) is 56.8 cm³/mol. The Morgan fingerprint density at radius 1 is 1.00 bits per heavy atom. The second-order valence-electron chi connectivity index (χ2n) is 3.46. The molecule has 0 saturated carbocycles. The fraction of sp³-hybridized carbons (Fsp3) is 0.400. The smallest absolute Gasteiger partial charge is 0.139 e. The van der Waals surface area contributed by atoms with Gasteiger partial charge in [0.05, 0.1) is 5.69 Å². The Morgan fingerprint density at radius 3 is 2.08 bits per heavy atom. The molecule has 0 amide bonds. The van der Waals surface area contributed by atoms with Gasteiger partial charge < -0.3 is 14.9 Å². The number of phenolic OH excluding ortho intramolecular Hbond substituents is 1. The van der Waals surface area contributed by atoms with Crippen molar-refractivity contribution < 1.29 is 5.11 Å². The van der Waals surface area contributed by atoms with Crippen LogP contribution in [-0.4, -0.2) is 33.3 Å². The van der Waals surface area contributed by atoms with Crippen molar-refractivity contribution in [2.24, 2.45) is 0 Å². The van der Waals surface area contributed by atoms with Crippen LogP contribution in [0.25, 0.3) is 0 Å². The molecule has 0 spiro atoms. The fourth-order valence-electron chi connectivity index (χ4n) is 1.15. The molecule has 0 fully saturated rings. The third-order valence-corrected chi connectivity index (χ3v) is 1.96. The number of benzene rings is 1. The van der Waals surface area contributed by atoms with Gasteiger partial charge in [0.25, 0.3) is 0 Å². The number of hydrogen-bond acceptors (Lipinski definition) is 3. The fourth-order valence-corrected chi connectivity index (χ4v) is 1.15. The second-order valence-corrected chi connectivity index (χ2v) is 3.46. The van der Waals surface area contributed by atoms with Crippen molar-refractivity contribution in [3.05, 3.63) is 18.2 Å². The lowest BCUT2D eigenvalue weighted by Crippen LogP contribution is -2.12. The molecule has 0 aromatic heterocycles. The highest BCUT2D eigenvalue weighted by Gasteiger charge is 2.04. The maximum Gasteiger partial charge on any atom is 0.139 e. The highest BCUT2D eigenvalue weighted by Crippen LogP contribution is 2.29. The number of nitrogens with zero attached hydrogens (tertiary/aromatic N) is 2. The Labute approximate surface area is 79.2 Å². The summed E-state index contributed by atoms with van der Waals surface area (Å²) in [6, 6.07) is 5.56. The molecule has 72 valence electrons. The van der Waals surface area contributed by atoms with E-state index in [0.717, 1.165) is 11.4 Å². The van der Waals surface area contributed by atoms with Crippen LogP contribution in [0.1, 0.15) is 0 Å². The average Bonchev–Trinajstić information content (AvgIpc) is 2.04. The van der Waals surface area contributed by atoms with E-state index in [1.165, 1.54) is 0 Å². The van der Waals surface area contributed by atoms with Crippen LogP contribution in [0.3, 0.4) is 0 Å². The lowest BCUT2D eigenvalue weighted by atomic mass is 10.2. The Hall–Kier alpha value is -1.38. The molecule has 0 aliphatic carbocycles. The van der Waals surface area contributed by atoms with Crippen LogP contribution in [-0.2, 0) is 0 Å². The summed E-state index contributed by atoms with van der Waals surface area (Å²) in [6.45, 7) is 0. The van der Waals surface area contributed by atoms with Gasteiger partial charge in [0.15, 0.2) is 0 Å². The van der Waals surface area contributed by atoms with Crippen molar-refractivity contribution >= 4 is 11.4 Å². The first-order valence-corrected chi connectivity index (χ1v) is 4.20. The molecule has 1 aromatic rings. The van der Waals surface area contributed by atoms with Crippen LogP contribution in [0.4, 0.5) is 11.4 Å². The Morgan fingerprint density at radius 2 is 1.62 bits per heavy atom. The first-order chi connectivity index (χ1) is 6.02. The SMILES string of the molecule is CN(C)c1ccc(O)c(N(C)C)c1. The molecular formula is C10H16N2O.